The van der Waals surface area contributed by atoms with Gasteiger partial charge in [0.2, 0.25) is 5.91 Å². The van der Waals surface area contributed by atoms with Crippen molar-refractivity contribution in [1.29, 1.82) is 0 Å². The van der Waals surface area contributed by atoms with Crippen LogP contribution in [-0.4, -0.2) is 53.6 Å². The van der Waals surface area contributed by atoms with E-state index < -0.39 is 0 Å². The second kappa shape index (κ2) is 10.3. The highest BCUT2D eigenvalue weighted by Gasteiger charge is 2.27. The molecule has 3 rings (SSSR count). The zero-order valence-electron chi connectivity index (χ0n) is 18.0. The highest BCUT2D eigenvalue weighted by atomic mass is 16.5. The monoisotopic (exact) mass is 413 g/mol. The SMILES string of the molecule is Cc1ccc(NC(=O)N(CC(=O)N(Cc2ccco2)C[C@H]2CCCO2)C(C)C)cc1. The Hall–Kier alpha value is -2.80. The molecule has 7 heteroatoms. The van der Waals surface area contributed by atoms with Gasteiger partial charge in [-0.2, -0.15) is 0 Å². The van der Waals surface area contributed by atoms with Crippen molar-refractivity contribution >= 4 is 17.6 Å². The van der Waals surface area contributed by atoms with Crippen LogP contribution < -0.4 is 5.32 Å². The van der Waals surface area contributed by atoms with E-state index in [1.54, 1.807) is 22.1 Å². The van der Waals surface area contributed by atoms with E-state index in [0.29, 0.717) is 24.5 Å². The van der Waals surface area contributed by atoms with Gasteiger partial charge in [-0.25, -0.2) is 4.79 Å². The number of anilines is 1. The van der Waals surface area contributed by atoms with Crippen LogP contribution in [-0.2, 0) is 16.1 Å². The molecular weight excluding hydrogens is 382 g/mol. The van der Waals surface area contributed by atoms with Crippen molar-refractivity contribution in [2.45, 2.75) is 52.3 Å². The van der Waals surface area contributed by atoms with Crippen LogP contribution in [0.15, 0.2) is 47.1 Å². The first kappa shape index (κ1) is 21.9. The number of aryl methyl sites for hydroxylation is 1. The number of carbonyl (C=O) groups excluding carboxylic acids is 2. The topological polar surface area (TPSA) is 75.0 Å². The van der Waals surface area contributed by atoms with E-state index in [-0.39, 0.29) is 30.6 Å². The molecule has 1 fully saturated rings. The van der Waals surface area contributed by atoms with Crippen molar-refractivity contribution in [3.63, 3.8) is 0 Å². The lowest BCUT2D eigenvalue weighted by Crippen LogP contribution is -2.48. The maximum Gasteiger partial charge on any atom is 0.322 e. The van der Waals surface area contributed by atoms with Crippen molar-refractivity contribution in [1.82, 2.24) is 9.80 Å². The number of hydrogen-bond acceptors (Lipinski definition) is 4. The number of carbonyl (C=O) groups is 2. The summed E-state index contributed by atoms with van der Waals surface area (Å²) in [5.41, 5.74) is 1.82. The van der Waals surface area contributed by atoms with Crippen LogP contribution in [0, 0.1) is 6.92 Å². The average molecular weight is 414 g/mol. The minimum Gasteiger partial charge on any atom is -0.467 e. The van der Waals surface area contributed by atoms with E-state index in [1.165, 1.54) is 0 Å². The summed E-state index contributed by atoms with van der Waals surface area (Å²) < 4.78 is 11.2. The summed E-state index contributed by atoms with van der Waals surface area (Å²) in [4.78, 5) is 29.3. The Labute approximate surface area is 178 Å². The van der Waals surface area contributed by atoms with Crippen molar-refractivity contribution in [2.75, 3.05) is 25.0 Å². The third-order valence-electron chi connectivity index (χ3n) is 5.22. The Morgan fingerprint density at radius 2 is 1.97 bits per heavy atom. The second-order valence-corrected chi connectivity index (χ2v) is 8.01. The van der Waals surface area contributed by atoms with Gasteiger partial charge in [0, 0.05) is 24.9 Å². The molecule has 1 N–H and O–H groups in total. The van der Waals surface area contributed by atoms with E-state index in [1.807, 2.05) is 51.1 Å². The summed E-state index contributed by atoms with van der Waals surface area (Å²) >= 11 is 0. The number of benzene rings is 1. The highest BCUT2D eigenvalue weighted by Crippen LogP contribution is 2.17. The summed E-state index contributed by atoms with van der Waals surface area (Å²) in [5, 5.41) is 2.89. The van der Waals surface area contributed by atoms with Crippen molar-refractivity contribution in [3.8, 4) is 0 Å². The predicted molar refractivity (Wildman–Crippen MR) is 115 cm³/mol. The molecular formula is C23H31N3O4. The van der Waals surface area contributed by atoms with Gasteiger partial charge in [0.25, 0.3) is 0 Å². The molecule has 0 spiro atoms. The van der Waals surface area contributed by atoms with Crippen molar-refractivity contribution < 1.29 is 18.7 Å². The summed E-state index contributed by atoms with van der Waals surface area (Å²) in [5.74, 6) is 0.580. The third-order valence-corrected chi connectivity index (χ3v) is 5.22. The molecule has 3 amide bonds. The standard InChI is InChI=1S/C23H31N3O4/c1-17(2)26(23(28)24-19-10-8-18(3)9-11-19)16-22(27)25(14-20-6-4-12-29-20)15-21-7-5-13-30-21/h4,6,8-12,17,21H,5,7,13-16H2,1-3H3,(H,24,28)/t21-/m1/s1. The molecule has 1 aromatic heterocycles. The van der Waals surface area contributed by atoms with E-state index in [0.717, 1.165) is 25.0 Å². The molecule has 0 saturated carbocycles. The van der Waals surface area contributed by atoms with Crippen LogP contribution in [0.1, 0.15) is 38.0 Å². The molecule has 0 aliphatic carbocycles. The number of hydrogen-bond donors (Lipinski definition) is 1. The fourth-order valence-electron chi connectivity index (χ4n) is 3.45. The smallest absolute Gasteiger partial charge is 0.322 e. The number of urea groups is 1. The molecule has 0 radical (unpaired) electrons. The van der Waals surface area contributed by atoms with E-state index in [2.05, 4.69) is 5.32 Å². The average Bonchev–Trinajstić information content (AvgIpc) is 3.41. The van der Waals surface area contributed by atoms with Crippen LogP contribution in [0.25, 0.3) is 0 Å². The number of rotatable bonds is 8. The van der Waals surface area contributed by atoms with Gasteiger partial charge in [-0.05, 0) is 57.9 Å². The molecule has 1 aromatic carbocycles. The van der Waals surface area contributed by atoms with Crippen LogP contribution in [0.5, 0.6) is 0 Å². The minimum atomic E-state index is -0.294. The Bertz CT molecular complexity index is 811. The summed E-state index contributed by atoms with van der Waals surface area (Å²) in [6.07, 6.45) is 3.56. The number of furan rings is 1. The first-order valence-electron chi connectivity index (χ1n) is 10.5. The predicted octanol–water partition coefficient (Wildman–Crippen LogP) is 4.04. The number of amides is 3. The van der Waals surface area contributed by atoms with Crippen LogP contribution >= 0.6 is 0 Å². The molecule has 1 atom stereocenters. The van der Waals surface area contributed by atoms with Gasteiger partial charge in [-0.3, -0.25) is 4.79 Å². The van der Waals surface area contributed by atoms with Gasteiger partial charge < -0.3 is 24.3 Å². The first-order valence-corrected chi connectivity index (χ1v) is 10.5. The van der Waals surface area contributed by atoms with Crippen molar-refractivity contribution in [3.05, 3.63) is 54.0 Å². The molecule has 30 heavy (non-hydrogen) atoms. The Balaban J connectivity index is 1.67. The number of nitrogens with one attached hydrogen (secondary N) is 1. The second-order valence-electron chi connectivity index (χ2n) is 8.01. The molecule has 1 aliphatic rings. The Morgan fingerprint density at radius 3 is 2.57 bits per heavy atom. The van der Waals surface area contributed by atoms with Gasteiger partial charge in [0.15, 0.2) is 0 Å². The van der Waals surface area contributed by atoms with Gasteiger partial charge in [-0.1, -0.05) is 17.7 Å². The Kier molecular flexibility index (Phi) is 7.52. The van der Waals surface area contributed by atoms with Gasteiger partial charge in [0.05, 0.1) is 18.9 Å². The quantitative estimate of drug-likeness (QED) is 0.709. The normalized spacial score (nSPS) is 15.9. The number of ether oxygens (including phenoxy) is 1. The van der Waals surface area contributed by atoms with Gasteiger partial charge in [-0.15, -0.1) is 0 Å². The zero-order chi connectivity index (χ0) is 21.5. The lowest BCUT2D eigenvalue weighted by atomic mass is 10.2. The maximum absolute atomic E-state index is 13.2. The van der Waals surface area contributed by atoms with Crippen molar-refractivity contribution in [2.24, 2.45) is 0 Å². The van der Waals surface area contributed by atoms with Crippen LogP contribution in [0.4, 0.5) is 10.5 Å². The summed E-state index contributed by atoms with van der Waals surface area (Å²) in [6.45, 7) is 7.36. The lowest BCUT2D eigenvalue weighted by molar-refractivity contribution is -0.134. The molecule has 0 unspecified atom stereocenters. The number of nitrogens with zero attached hydrogens (tertiary/aromatic N) is 2. The van der Waals surface area contributed by atoms with E-state index in [9.17, 15) is 9.59 Å². The minimum absolute atomic E-state index is 0.0111. The molecule has 1 saturated heterocycles. The third kappa shape index (κ3) is 6.10. The fourth-order valence-corrected chi connectivity index (χ4v) is 3.45. The first-order chi connectivity index (χ1) is 14.4. The largest absolute Gasteiger partial charge is 0.467 e. The molecule has 162 valence electrons. The van der Waals surface area contributed by atoms with E-state index >= 15 is 0 Å². The zero-order valence-corrected chi connectivity index (χ0v) is 18.0. The highest BCUT2D eigenvalue weighted by molar-refractivity contribution is 5.92. The van der Waals surface area contributed by atoms with E-state index in [4.69, 9.17) is 9.15 Å². The summed E-state index contributed by atoms with van der Waals surface area (Å²) in [7, 11) is 0. The fraction of sp³-hybridized carbons (Fsp3) is 0.478. The molecule has 1 aliphatic heterocycles. The molecule has 2 heterocycles. The molecule has 7 nitrogen and oxygen atoms in total. The Morgan fingerprint density at radius 1 is 1.20 bits per heavy atom. The van der Waals surface area contributed by atoms with Crippen LogP contribution in [0.3, 0.4) is 0 Å². The van der Waals surface area contributed by atoms with Gasteiger partial charge >= 0.3 is 6.03 Å². The summed E-state index contributed by atoms with van der Waals surface area (Å²) in [6, 6.07) is 10.8. The maximum atomic E-state index is 13.2. The van der Waals surface area contributed by atoms with Crippen LogP contribution in [0.2, 0.25) is 0 Å². The lowest BCUT2D eigenvalue weighted by Gasteiger charge is -2.30. The molecule has 0 bridgehead atoms. The van der Waals surface area contributed by atoms with Gasteiger partial charge in [0.1, 0.15) is 12.3 Å². The molecule has 2 aromatic rings.